The van der Waals surface area contributed by atoms with Crippen LogP contribution in [0.5, 0.6) is 0 Å². The number of benzene rings is 3. The van der Waals surface area contributed by atoms with E-state index in [4.69, 9.17) is 0 Å². The summed E-state index contributed by atoms with van der Waals surface area (Å²) in [7, 11) is -2.51. The maximum Gasteiger partial charge on any atom is 4.00 e. The number of unbranched alkanes of at least 4 members (excludes halogenated alkanes) is 1. The molecule has 0 N–H and O–H groups in total. The molecule has 0 aliphatic heterocycles. The van der Waals surface area contributed by atoms with Gasteiger partial charge in [-0.3, -0.25) is 6.08 Å². The Kier molecular flexibility index (Phi) is 15.2. The van der Waals surface area contributed by atoms with Crippen molar-refractivity contribution < 1.29 is 58.9 Å². The summed E-state index contributed by atoms with van der Waals surface area (Å²) in [5.74, 6) is 0. The Labute approximate surface area is 265 Å². The minimum Gasteiger partial charge on any atom is -1.00 e. The summed E-state index contributed by atoms with van der Waals surface area (Å²) in [4.78, 5) is 0. The van der Waals surface area contributed by atoms with Gasteiger partial charge in [0.1, 0.15) is 0 Å². The Morgan fingerprint density at radius 3 is 1.26 bits per heavy atom. The monoisotopic (exact) mass is 616 g/mol. The first kappa shape index (κ1) is 36.9. The molecule has 3 aromatic carbocycles. The second-order valence-corrected chi connectivity index (χ2v) is 14.4. The Morgan fingerprint density at radius 1 is 0.605 bits per heavy atom. The number of aryl methyl sites for hydroxylation is 6. The van der Waals surface area contributed by atoms with Crippen LogP contribution in [-0.2, 0) is 21.7 Å². The Balaban J connectivity index is 0.00000342. The van der Waals surface area contributed by atoms with Gasteiger partial charge in [0.2, 0.25) is 0 Å². The fourth-order valence-corrected chi connectivity index (χ4v) is 11.4. The molecule has 0 spiro atoms. The van der Waals surface area contributed by atoms with Gasteiger partial charge in [0.15, 0.2) is 8.07 Å². The molecule has 0 radical (unpaired) electrons. The number of rotatable bonds is 7. The summed E-state index contributed by atoms with van der Waals surface area (Å²) < 4.78 is 0. The fourth-order valence-electron chi connectivity index (χ4n) is 5.90. The van der Waals surface area contributed by atoms with Gasteiger partial charge in [-0.1, -0.05) is 121 Å². The zero-order valence-electron chi connectivity index (χ0n) is 23.7. The van der Waals surface area contributed by atoms with Crippen molar-refractivity contribution in [3.8, 4) is 0 Å². The molecule has 0 aromatic heterocycles. The van der Waals surface area contributed by atoms with E-state index in [-0.39, 0.29) is 58.9 Å². The molecular formula is C33H39Cl3SiTi. The third-order valence-corrected chi connectivity index (χ3v) is 11.8. The van der Waals surface area contributed by atoms with Crippen LogP contribution in [0.4, 0.5) is 0 Å². The number of allylic oxidation sites excluding steroid dienone is 4. The summed E-state index contributed by atoms with van der Waals surface area (Å²) >= 11 is 0. The summed E-state index contributed by atoms with van der Waals surface area (Å²) in [6.07, 6.45) is 11.1. The minimum atomic E-state index is -2.51. The normalized spacial score (nSPS) is 12.3. The van der Waals surface area contributed by atoms with Crippen molar-refractivity contribution in [2.75, 3.05) is 0 Å². The largest absolute Gasteiger partial charge is 4.00 e. The minimum absolute atomic E-state index is 0. The molecule has 200 valence electrons. The molecule has 0 nitrogen and oxygen atoms in total. The van der Waals surface area contributed by atoms with Crippen LogP contribution in [0.15, 0.2) is 71.4 Å². The summed E-state index contributed by atoms with van der Waals surface area (Å²) in [5, 5.41) is 5.99. The van der Waals surface area contributed by atoms with Crippen LogP contribution in [0.2, 0.25) is 0 Å². The average molecular weight is 618 g/mol. The molecule has 0 unspecified atom stereocenters. The predicted octanol–water partition coefficient (Wildman–Crippen LogP) is -2.19. The molecule has 0 saturated carbocycles. The smallest absolute Gasteiger partial charge is 1.00 e. The van der Waals surface area contributed by atoms with E-state index in [1.165, 1.54) is 72.6 Å². The van der Waals surface area contributed by atoms with E-state index >= 15 is 0 Å². The maximum absolute atomic E-state index is 4.02. The summed E-state index contributed by atoms with van der Waals surface area (Å²) in [6.45, 7) is 15.8. The second kappa shape index (κ2) is 15.7. The molecular weight excluding hydrogens is 579 g/mol. The Morgan fingerprint density at radius 2 is 0.947 bits per heavy atom. The molecule has 5 heteroatoms. The van der Waals surface area contributed by atoms with Gasteiger partial charge in [-0.25, -0.2) is 11.6 Å². The van der Waals surface area contributed by atoms with Gasteiger partial charge in [0.25, 0.3) is 0 Å². The van der Waals surface area contributed by atoms with Gasteiger partial charge in [-0.2, -0.15) is 5.20 Å². The van der Waals surface area contributed by atoms with Gasteiger partial charge in [-0.05, 0) is 57.1 Å². The fraction of sp³-hybridized carbons (Fsp3) is 0.333. The molecule has 0 bridgehead atoms. The van der Waals surface area contributed by atoms with Crippen molar-refractivity contribution in [1.29, 1.82) is 0 Å². The zero-order valence-corrected chi connectivity index (χ0v) is 28.6. The molecule has 1 aliphatic carbocycles. The first-order valence-electron chi connectivity index (χ1n) is 12.8. The van der Waals surface area contributed by atoms with Crippen LogP contribution in [0.25, 0.3) is 0 Å². The van der Waals surface area contributed by atoms with Crippen LogP contribution in [-0.4, -0.2) is 8.07 Å². The third-order valence-electron chi connectivity index (χ3n) is 7.08. The van der Waals surface area contributed by atoms with Crippen molar-refractivity contribution in [2.24, 2.45) is 0 Å². The van der Waals surface area contributed by atoms with Crippen LogP contribution in [0.3, 0.4) is 0 Å². The number of hydrogen-bond donors (Lipinski definition) is 0. The SMILES string of the molecule is CCCCC1=CCC([Si](c2cc(C)cc(C)c2)(c2cc(C)cc(C)c2)c2cc(C)cc(C)c2)=[C-]1.[Cl-].[Cl-].[Cl-].[Ti+4]. The van der Waals surface area contributed by atoms with Crippen LogP contribution in [0.1, 0.15) is 66.0 Å². The number of halogens is 3. The molecule has 0 atom stereocenters. The van der Waals surface area contributed by atoms with E-state index in [1.807, 2.05) is 0 Å². The Bertz CT molecular complexity index is 1110. The van der Waals surface area contributed by atoms with Crippen LogP contribution >= 0.6 is 0 Å². The van der Waals surface area contributed by atoms with E-state index in [0.717, 1.165) is 12.8 Å². The van der Waals surface area contributed by atoms with Crippen molar-refractivity contribution in [3.05, 3.63) is 111 Å². The van der Waals surface area contributed by atoms with E-state index in [1.54, 1.807) is 0 Å². The van der Waals surface area contributed by atoms with Crippen molar-refractivity contribution in [2.45, 2.75) is 74.1 Å². The van der Waals surface area contributed by atoms with Crippen molar-refractivity contribution in [1.82, 2.24) is 0 Å². The van der Waals surface area contributed by atoms with Gasteiger partial charge in [0, 0.05) is 0 Å². The molecule has 4 rings (SSSR count). The van der Waals surface area contributed by atoms with E-state index < -0.39 is 8.07 Å². The third kappa shape index (κ3) is 7.78. The zero-order chi connectivity index (χ0) is 24.5. The van der Waals surface area contributed by atoms with Gasteiger partial charge < -0.3 is 37.2 Å². The maximum atomic E-state index is 4.02. The number of hydrogen-bond acceptors (Lipinski definition) is 0. The molecule has 38 heavy (non-hydrogen) atoms. The van der Waals surface area contributed by atoms with Crippen molar-refractivity contribution >= 4 is 23.6 Å². The molecule has 1 aliphatic rings. The molecule has 0 amide bonds. The van der Waals surface area contributed by atoms with Crippen LogP contribution < -0.4 is 52.8 Å². The van der Waals surface area contributed by atoms with E-state index in [9.17, 15) is 0 Å². The molecule has 0 heterocycles. The predicted molar refractivity (Wildman–Crippen MR) is 151 cm³/mol. The molecule has 0 fully saturated rings. The Hall–Kier alpha value is -1.06. The van der Waals surface area contributed by atoms with Crippen molar-refractivity contribution in [3.63, 3.8) is 0 Å². The first-order chi connectivity index (χ1) is 16.2. The average Bonchev–Trinajstić information content (AvgIpc) is 3.20. The first-order valence-corrected chi connectivity index (χ1v) is 14.8. The summed E-state index contributed by atoms with van der Waals surface area (Å²) in [6, 6.07) is 21.7. The second-order valence-electron chi connectivity index (χ2n) is 10.5. The van der Waals surface area contributed by atoms with Gasteiger partial charge >= 0.3 is 21.7 Å². The molecule has 3 aromatic rings. The quantitative estimate of drug-likeness (QED) is 0.161. The van der Waals surface area contributed by atoms with Gasteiger partial charge in [0.05, 0.1) is 0 Å². The van der Waals surface area contributed by atoms with Crippen LogP contribution in [0, 0.1) is 47.6 Å². The van der Waals surface area contributed by atoms with E-state index in [0.29, 0.717) is 0 Å². The van der Waals surface area contributed by atoms with E-state index in [2.05, 4.69) is 115 Å². The topological polar surface area (TPSA) is 0 Å². The molecule has 0 saturated heterocycles. The summed E-state index contributed by atoms with van der Waals surface area (Å²) in [5.41, 5.74) is 9.48. The standard InChI is InChI=1S/C33H39Si.3ClH.Ti/c1-8-9-10-29-11-12-30(22-29)34(31-16-23(2)13-24(3)17-31,32-18-25(4)14-26(5)19-32)33-20-27(6)15-28(7)21-33;;;;/h11,13-21H,8-10,12H2,1-7H3;3*1H;/q-1;;;;+4/p-3. The van der Waals surface area contributed by atoms with Gasteiger partial charge in [-0.15, -0.1) is 0 Å².